The van der Waals surface area contributed by atoms with Gasteiger partial charge < -0.3 is 5.32 Å². The molecule has 0 saturated carbocycles. The zero-order valence-electron chi connectivity index (χ0n) is 6.11. The molecule has 1 saturated heterocycles. The first kappa shape index (κ1) is 6.81. The molecule has 0 bridgehead atoms. The lowest BCUT2D eigenvalue weighted by molar-refractivity contribution is 0.440. The van der Waals surface area contributed by atoms with Crippen LogP contribution in [0.4, 0.5) is 0 Å². The first-order valence-corrected chi connectivity index (χ1v) is 3.69. The molecule has 0 aliphatic carbocycles. The normalized spacial score (nSPS) is 27.9. The van der Waals surface area contributed by atoms with Gasteiger partial charge in [-0.3, -0.25) is 0 Å². The molecule has 0 spiro atoms. The fraction of sp³-hybridized carbons (Fsp3) is 0.750. The predicted molar refractivity (Wildman–Crippen MR) is 40.5 cm³/mol. The second-order valence-corrected chi connectivity index (χ2v) is 2.85. The molecule has 52 valence electrons. The maximum Gasteiger partial charge on any atom is 0.0274 e. The van der Waals surface area contributed by atoms with Gasteiger partial charge in [0, 0.05) is 6.04 Å². The Morgan fingerprint density at radius 2 is 2.33 bits per heavy atom. The topological polar surface area (TPSA) is 12.0 Å². The Morgan fingerprint density at radius 3 is 2.67 bits per heavy atom. The fourth-order valence-corrected chi connectivity index (χ4v) is 1.27. The highest BCUT2D eigenvalue weighted by Crippen LogP contribution is 2.11. The van der Waals surface area contributed by atoms with Gasteiger partial charge in [-0.1, -0.05) is 18.6 Å². The molecule has 1 fully saturated rings. The molecule has 0 aromatic carbocycles. The van der Waals surface area contributed by atoms with Crippen LogP contribution in [0.2, 0.25) is 0 Å². The van der Waals surface area contributed by atoms with Crippen LogP contribution < -0.4 is 5.32 Å². The van der Waals surface area contributed by atoms with Crippen LogP contribution >= 0.6 is 0 Å². The van der Waals surface area contributed by atoms with E-state index in [-0.39, 0.29) is 0 Å². The van der Waals surface area contributed by atoms with Crippen molar-refractivity contribution in [1.29, 1.82) is 0 Å². The summed E-state index contributed by atoms with van der Waals surface area (Å²) in [7, 11) is 0. The Labute approximate surface area is 57.1 Å². The van der Waals surface area contributed by atoms with Gasteiger partial charge in [-0.15, -0.1) is 0 Å². The van der Waals surface area contributed by atoms with Crippen molar-refractivity contribution in [2.24, 2.45) is 0 Å². The summed E-state index contributed by atoms with van der Waals surface area (Å²) in [5.41, 5.74) is 1.29. The summed E-state index contributed by atoms with van der Waals surface area (Å²) >= 11 is 0. The molecule has 1 rings (SSSR count). The van der Waals surface area contributed by atoms with Gasteiger partial charge in [-0.25, -0.2) is 0 Å². The highest BCUT2D eigenvalue weighted by molar-refractivity contribution is 5.02. The fourth-order valence-electron chi connectivity index (χ4n) is 1.27. The molecule has 1 aliphatic heterocycles. The summed E-state index contributed by atoms with van der Waals surface area (Å²) in [4.78, 5) is 0. The highest BCUT2D eigenvalue weighted by Gasteiger charge is 2.11. The van der Waals surface area contributed by atoms with E-state index in [9.17, 15) is 0 Å². The monoisotopic (exact) mass is 125 g/mol. The number of nitrogens with one attached hydrogen (secondary N) is 1. The molecular formula is C8H15N. The van der Waals surface area contributed by atoms with Crippen molar-refractivity contribution in [2.75, 3.05) is 6.54 Å². The minimum atomic E-state index is 0.610. The Bertz CT molecular complexity index is 101. The zero-order valence-corrected chi connectivity index (χ0v) is 6.11. The van der Waals surface area contributed by atoms with E-state index in [4.69, 9.17) is 0 Å². The SMILES string of the molecule is C=C(C)C1CCCCN1. The molecule has 0 amide bonds. The minimum absolute atomic E-state index is 0.610. The minimum Gasteiger partial charge on any atom is -0.310 e. The van der Waals surface area contributed by atoms with Crippen LogP contribution in [-0.2, 0) is 0 Å². The molecule has 1 N–H and O–H groups in total. The van der Waals surface area contributed by atoms with Crippen LogP contribution in [0.1, 0.15) is 26.2 Å². The lowest BCUT2D eigenvalue weighted by Gasteiger charge is -2.23. The first-order chi connectivity index (χ1) is 4.30. The van der Waals surface area contributed by atoms with Crippen molar-refractivity contribution < 1.29 is 0 Å². The Kier molecular flexibility index (Phi) is 2.29. The lowest BCUT2D eigenvalue weighted by atomic mass is 10.00. The maximum absolute atomic E-state index is 3.92. The summed E-state index contributed by atoms with van der Waals surface area (Å²) in [5.74, 6) is 0. The summed E-state index contributed by atoms with van der Waals surface area (Å²) in [6, 6.07) is 0.610. The summed E-state index contributed by atoms with van der Waals surface area (Å²) in [6.07, 6.45) is 3.99. The third kappa shape index (κ3) is 1.83. The van der Waals surface area contributed by atoms with Crippen molar-refractivity contribution >= 4 is 0 Å². The van der Waals surface area contributed by atoms with Crippen LogP contribution in [0, 0.1) is 0 Å². The van der Waals surface area contributed by atoms with E-state index in [2.05, 4.69) is 18.8 Å². The molecule has 0 aromatic rings. The maximum atomic E-state index is 3.92. The van der Waals surface area contributed by atoms with E-state index < -0.39 is 0 Å². The van der Waals surface area contributed by atoms with Gasteiger partial charge in [0.15, 0.2) is 0 Å². The highest BCUT2D eigenvalue weighted by atomic mass is 14.9. The standard InChI is InChI=1S/C8H15N/c1-7(2)8-5-3-4-6-9-8/h8-9H,1,3-6H2,2H3. The number of piperidine rings is 1. The third-order valence-corrected chi connectivity index (χ3v) is 1.91. The molecule has 9 heavy (non-hydrogen) atoms. The summed E-state index contributed by atoms with van der Waals surface area (Å²) in [6.45, 7) is 7.19. The van der Waals surface area contributed by atoms with E-state index in [0.29, 0.717) is 6.04 Å². The second kappa shape index (κ2) is 3.02. The smallest absolute Gasteiger partial charge is 0.0274 e. The van der Waals surface area contributed by atoms with Crippen LogP contribution in [0.15, 0.2) is 12.2 Å². The molecule has 1 unspecified atom stereocenters. The van der Waals surface area contributed by atoms with E-state index in [1.165, 1.54) is 31.4 Å². The molecule has 1 aliphatic rings. The molecule has 0 aromatic heterocycles. The summed E-state index contributed by atoms with van der Waals surface area (Å²) in [5, 5.41) is 3.42. The van der Waals surface area contributed by atoms with Gasteiger partial charge in [-0.05, 0) is 26.3 Å². The molecule has 1 heteroatoms. The average Bonchev–Trinajstić information content (AvgIpc) is 1.90. The predicted octanol–water partition coefficient (Wildman–Crippen LogP) is 1.70. The van der Waals surface area contributed by atoms with E-state index >= 15 is 0 Å². The Morgan fingerprint density at radius 1 is 1.56 bits per heavy atom. The Balaban J connectivity index is 2.31. The molecule has 1 nitrogen and oxygen atoms in total. The van der Waals surface area contributed by atoms with Crippen LogP contribution in [0.25, 0.3) is 0 Å². The molecular weight excluding hydrogens is 110 g/mol. The van der Waals surface area contributed by atoms with Crippen molar-refractivity contribution in [3.05, 3.63) is 12.2 Å². The van der Waals surface area contributed by atoms with Gasteiger partial charge in [0.05, 0.1) is 0 Å². The molecule has 1 heterocycles. The van der Waals surface area contributed by atoms with Gasteiger partial charge in [0.25, 0.3) is 0 Å². The van der Waals surface area contributed by atoms with Crippen molar-refractivity contribution in [1.82, 2.24) is 5.32 Å². The number of hydrogen-bond donors (Lipinski definition) is 1. The summed E-state index contributed by atoms with van der Waals surface area (Å²) < 4.78 is 0. The van der Waals surface area contributed by atoms with Crippen molar-refractivity contribution in [2.45, 2.75) is 32.2 Å². The van der Waals surface area contributed by atoms with Crippen LogP contribution in [-0.4, -0.2) is 12.6 Å². The molecule has 1 atom stereocenters. The zero-order chi connectivity index (χ0) is 6.69. The van der Waals surface area contributed by atoms with Crippen molar-refractivity contribution in [3.63, 3.8) is 0 Å². The van der Waals surface area contributed by atoms with E-state index in [0.717, 1.165) is 0 Å². The van der Waals surface area contributed by atoms with Crippen molar-refractivity contribution in [3.8, 4) is 0 Å². The van der Waals surface area contributed by atoms with E-state index in [1.807, 2.05) is 0 Å². The average molecular weight is 125 g/mol. The van der Waals surface area contributed by atoms with Crippen LogP contribution in [0.5, 0.6) is 0 Å². The van der Waals surface area contributed by atoms with Crippen LogP contribution in [0.3, 0.4) is 0 Å². The van der Waals surface area contributed by atoms with E-state index in [1.54, 1.807) is 0 Å². The lowest BCUT2D eigenvalue weighted by Crippen LogP contribution is -2.34. The van der Waals surface area contributed by atoms with Gasteiger partial charge in [0.1, 0.15) is 0 Å². The second-order valence-electron chi connectivity index (χ2n) is 2.85. The van der Waals surface area contributed by atoms with Gasteiger partial charge >= 0.3 is 0 Å². The quantitative estimate of drug-likeness (QED) is 0.526. The largest absolute Gasteiger partial charge is 0.310 e. The third-order valence-electron chi connectivity index (χ3n) is 1.91. The molecule has 0 radical (unpaired) electrons. The van der Waals surface area contributed by atoms with Gasteiger partial charge in [0.2, 0.25) is 0 Å². The van der Waals surface area contributed by atoms with Gasteiger partial charge in [-0.2, -0.15) is 0 Å². The Hall–Kier alpha value is -0.300. The first-order valence-electron chi connectivity index (χ1n) is 3.69. The number of hydrogen-bond acceptors (Lipinski definition) is 1. The number of rotatable bonds is 1.